The number of hydrogen-bond donors (Lipinski definition) is 4. The lowest BCUT2D eigenvalue weighted by atomic mass is 10.0. The smallest absolute Gasteiger partial charge is 0.272 e. The standard InChI is InChI=1S/C26H25N5O/c27-20-9-11-21(12-10-20)30-26(32)24-13-17-6-7-18(25(28)29)14-23(17)31(24)15-19-8-5-16-3-1-2-4-22(16)19/h1-4,6-7,9-14,19H,5,8,15,27H2,(H3,28,29)(H,30,32)/t19-/m1/s1. The molecule has 0 radical (unpaired) electrons. The molecule has 6 N–H and O–H groups in total. The number of nitrogens with one attached hydrogen (secondary N) is 2. The van der Waals surface area contributed by atoms with Crippen LogP contribution >= 0.6 is 0 Å². The fourth-order valence-electron chi connectivity index (χ4n) is 4.62. The molecule has 0 fully saturated rings. The molecule has 0 saturated heterocycles. The second kappa shape index (κ2) is 7.89. The average molecular weight is 424 g/mol. The van der Waals surface area contributed by atoms with E-state index in [9.17, 15) is 4.79 Å². The van der Waals surface area contributed by atoms with Crippen molar-refractivity contribution in [3.05, 3.63) is 95.2 Å². The van der Waals surface area contributed by atoms with Crippen LogP contribution in [0.5, 0.6) is 0 Å². The molecule has 1 aromatic heterocycles. The largest absolute Gasteiger partial charge is 0.399 e. The van der Waals surface area contributed by atoms with Gasteiger partial charge in [-0.15, -0.1) is 0 Å². The summed E-state index contributed by atoms with van der Waals surface area (Å²) in [6, 6.07) is 23.2. The first kappa shape index (κ1) is 19.9. The second-order valence-corrected chi connectivity index (χ2v) is 8.34. The number of fused-ring (bicyclic) bond motifs is 2. The number of carbonyl (C=O) groups is 1. The number of amides is 1. The Morgan fingerprint density at radius 1 is 1.06 bits per heavy atom. The monoisotopic (exact) mass is 423 g/mol. The number of nitrogen functional groups attached to an aromatic ring is 2. The van der Waals surface area contributed by atoms with E-state index in [4.69, 9.17) is 16.9 Å². The molecule has 0 bridgehead atoms. The average Bonchev–Trinajstić information content (AvgIpc) is 3.37. The lowest BCUT2D eigenvalue weighted by molar-refractivity contribution is 0.101. The van der Waals surface area contributed by atoms with Gasteiger partial charge in [0.2, 0.25) is 0 Å². The van der Waals surface area contributed by atoms with E-state index < -0.39 is 0 Å². The summed E-state index contributed by atoms with van der Waals surface area (Å²) >= 11 is 0. The topological polar surface area (TPSA) is 110 Å². The van der Waals surface area contributed by atoms with Crippen LogP contribution in [0.25, 0.3) is 10.9 Å². The Kier molecular flexibility index (Phi) is 4.90. The summed E-state index contributed by atoms with van der Waals surface area (Å²) in [5.74, 6) is 0.159. The maximum absolute atomic E-state index is 13.3. The Morgan fingerprint density at radius 2 is 1.84 bits per heavy atom. The molecule has 6 nitrogen and oxygen atoms in total. The number of benzene rings is 3. The zero-order valence-electron chi connectivity index (χ0n) is 17.6. The molecule has 5 rings (SSSR count). The molecular weight excluding hydrogens is 398 g/mol. The van der Waals surface area contributed by atoms with Crippen LogP contribution in [0.2, 0.25) is 0 Å². The number of hydrogen-bond acceptors (Lipinski definition) is 3. The third-order valence-corrected chi connectivity index (χ3v) is 6.28. The second-order valence-electron chi connectivity index (χ2n) is 8.34. The Labute approximate surface area is 186 Å². The number of aromatic nitrogens is 1. The van der Waals surface area contributed by atoms with Gasteiger partial charge in [-0.2, -0.15) is 0 Å². The highest BCUT2D eigenvalue weighted by Gasteiger charge is 2.25. The Balaban J connectivity index is 1.56. The van der Waals surface area contributed by atoms with E-state index in [1.807, 2.05) is 24.3 Å². The van der Waals surface area contributed by atoms with Gasteiger partial charge in [-0.3, -0.25) is 10.2 Å². The molecule has 32 heavy (non-hydrogen) atoms. The van der Waals surface area contributed by atoms with E-state index in [0.717, 1.165) is 23.7 Å². The molecule has 1 atom stereocenters. The van der Waals surface area contributed by atoms with Crippen LogP contribution < -0.4 is 16.8 Å². The van der Waals surface area contributed by atoms with E-state index >= 15 is 0 Å². The lowest BCUT2D eigenvalue weighted by Crippen LogP contribution is -2.19. The molecule has 1 aliphatic rings. The van der Waals surface area contributed by atoms with Crippen LogP contribution in [0.3, 0.4) is 0 Å². The van der Waals surface area contributed by atoms with E-state index in [0.29, 0.717) is 35.1 Å². The van der Waals surface area contributed by atoms with Gasteiger partial charge < -0.3 is 21.4 Å². The zero-order chi connectivity index (χ0) is 22.2. The molecule has 3 aromatic carbocycles. The first-order valence-electron chi connectivity index (χ1n) is 10.7. The van der Waals surface area contributed by atoms with Gasteiger partial charge in [0, 0.05) is 40.3 Å². The van der Waals surface area contributed by atoms with Crippen LogP contribution in [0, 0.1) is 5.41 Å². The fourth-order valence-corrected chi connectivity index (χ4v) is 4.62. The molecule has 160 valence electrons. The van der Waals surface area contributed by atoms with Gasteiger partial charge in [-0.1, -0.05) is 36.4 Å². The summed E-state index contributed by atoms with van der Waals surface area (Å²) in [4.78, 5) is 13.3. The fraction of sp³-hybridized carbons (Fsp3) is 0.154. The Bertz CT molecular complexity index is 1340. The van der Waals surface area contributed by atoms with E-state index in [-0.39, 0.29) is 11.7 Å². The number of nitrogens with zero attached hydrogens (tertiary/aromatic N) is 1. The van der Waals surface area contributed by atoms with Crippen LogP contribution in [-0.2, 0) is 13.0 Å². The van der Waals surface area contributed by atoms with Crippen molar-refractivity contribution in [2.75, 3.05) is 11.1 Å². The van der Waals surface area contributed by atoms with Gasteiger partial charge in [-0.05, 0) is 60.4 Å². The predicted molar refractivity (Wildman–Crippen MR) is 129 cm³/mol. The van der Waals surface area contributed by atoms with Crippen molar-refractivity contribution in [3.63, 3.8) is 0 Å². The van der Waals surface area contributed by atoms with Gasteiger partial charge in [-0.25, -0.2) is 0 Å². The normalized spacial score (nSPS) is 14.9. The van der Waals surface area contributed by atoms with Crippen molar-refractivity contribution in [1.82, 2.24) is 4.57 Å². The summed E-state index contributed by atoms with van der Waals surface area (Å²) in [5, 5.41) is 11.8. The predicted octanol–water partition coefficient (Wildman–Crippen LogP) is 4.49. The number of carbonyl (C=O) groups excluding carboxylic acids is 1. The van der Waals surface area contributed by atoms with Crippen molar-refractivity contribution in [3.8, 4) is 0 Å². The van der Waals surface area contributed by atoms with Gasteiger partial charge in [0.05, 0.1) is 0 Å². The minimum Gasteiger partial charge on any atom is -0.399 e. The highest BCUT2D eigenvalue weighted by molar-refractivity contribution is 6.07. The summed E-state index contributed by atoms with van der Waals surface area (Å²) < 4.78 is 2.07. The maximum Gasteiger partial charge on any atom is 0.272 e. The minimum atomic E-state index is -0.179. The number of nitrogens with two attached hydrogens (primary N) is 2. The first-order chi connectivity index (χ1) is 15.5. The molecular formula is C26H25N5O. The molecule has 1 amide bonds. The SMILES string of the molecule is N=C(N)c1ccc2cc(C(=O)Nc3ccc(N)cc3)n(C[C@H]3CCc4ccccc43)c2c1. The molecule has 0 unspecified atom stereocenters. The van der Waals surface area contributed by atoms with Crippen LogP contribution in [0.15, 0.2) is 72.8 Å². The lowest BCUT2D eigenvalue weighted by Gasteiger charge is -2.17. The van der Waals surface area contributed by atoms with E-state index in [1.54, 1.807) is 24.3 Å². The quantitative estimate of drug-likeness (QED) is 0.216. The highest BCUT2D eigenvalue weighted by atomic mass is 16.1. The Hall–Kier alpha value is -4.06. The van der Waals surface area contributed by atoms with Crippen molar-refractivity contribution in [2.24, 2.45) is 5.73 Å². The van der Waals surface area contributed by atoms with Gasteiger partial charge in [0.1, 0.15) is 11.5 Å². The zero-order valence-corrected chi connectivity index (χ0v) is 17.6. The highest BCUT2D eigenvalue weighted by Crippen LogP contribution is 2.36. The van der Waals surface area contributed by atoms with Crippen LogP contribution in [0.4, 0.5) is 11.4 Å². The first-order valence-corrected chi connectivity index (χ1v) is 10.7. The van der Waals surface area contributed by atoms with Gasteiger partial charge in [0.25, 0.3) is 5.91 Å². The maximum atomic E-state index is 13.3. The van der Waals surface area contributed by atoms with E-state index in [1.165, 1.54) is 11.1 Å². The third-order valence-electron chi connectivity index (χ3n) is 6.28. The number of anilines is 2. The summed E-state index contributed by atoms with van der Waals surface area (Å²) in [7, 11) is 0. The summed E-state index contributed by atoms with van der Waals surface area (Å²) in [6.07, 6.45) is 2.09. The van der Waals surface area contributed by atoms with E-state index in [2.05, 4.69) is 34.1 Å². The molecule has 1 heterocycles. The van der Waals surface area contributed by atoms with Gasteiger partial charge in [0.15, 0.2) is 0 Å². The summed E-state index contributed by atoms with van der Waals surface area (Å²) in [6.45, 7) is 0.687. The minimum absolute atomic E-state index is 0.0127. The number of rotatable bonds is 5. The van der Waals surface area contributed by atoms with Crippen molar-refractivity contribution < 1.29 is 4.79 Å². The van der Waals surface area contributed by atoms with Crippen molar-refractivity contribution in [1.29, 1.82) is 5.41 Å². The van der Waals surface area contributed by atoms with Crippen LogP contribution in [0.1, 0.15) is 39.5 Å². The third kappa shape index (κ3) is 3.60. The van der Waals surface area contributed by atoms with Crippen LogP contribution in [-0.4, -0.2) is 16.3 Å². The van der Waals surface area contributed by atoms with Crippen molar-refractivity contribution >= 4 is 34.0 Å². The summed E-state index contributed by atoms with van der Waals surface area (Å²) in [5.41, 5.74) is 17.7. The number of amidine groups is 1. The molecule has 0 saturated carbocycles. The molecule has 4 aromatic rings. The number of aryl methyl sites for hydroxylation is 1. The molecule has 1 aliphatic carbocycles. The molecule has 0 aliphatic heterocycles. The van der Waals surface area contributed by atoms with Gasteiger partial charge >= 0.3 is 0 Å². The molecule has 6 heteroatoms. The van der Waals surface area contributed by atoms with Crippen molar-refractivity contribution in [2.45, 2.75) is 25.3 Å². The Morgan fingerprint density at radius 3 is 2.62 bits per heavy atom. The molecule has 0 spiro atoms.